The Labute approximate surface area is 114 Å². The number of fused-ring (bicyclic) bond motifs is 3. The molecule has 4 rings (SSSR count). The Morgan fingerprint density at radius 1 is 1.40 bits per heavy atom. The number of hydrogen-bond donors (Lipinski definition) is 2. The van der Waals surface area contributed by atoms with Gasteiger partial charge in [0.25, 0.3) is 0 Å². The van der Waals surface area contributed by atoms with Gasteiger partial charge in [-0.15, -0.1) is 10.2 Å². The predicted octanol–water partition coefficient (Wildman–Crippen LogP) is -0.214. The fourth-order valence-corrected chi connectivity index (χ4v) is 2.46. The van der Waals surface area contributed by atoms with Crippen molar-refractivity contribution in [3.05, 3.63) is 18.6 Å². The van der Waals surface area contributed by atoms with Crippen molar-refractivity contribution in [1.82, 2.24) is 29.9 Å². The van der Waals surface area contributed by atoms with Crippen molar-refractivity contribution in [2.45, 2.75) is 6.04 Å². The summed E-state index contributed by atoms with van der Waals surface area (Å²) in [6.07, 6.45) is 3.00. The van der Waals surface area contributed by atoms with Gasteiger partial charge in [0.1, 0.15) is 12.1 Å². The molecule has 0 radical (unpaired) electrons. The van der Waals surface area contributed by atoms with Crippen molar-refractivity contribution >= 4 is 22.6 Å². The summed E-state index contributed by atoms with van der Waals surface area (Å²) in [6.45, 7) is 1.77. The van der Waals surface area contributed by atoms with E-state index in [0.29, 0.717) is 22.9 Å². The fraction of sp³-hybridized carbons (Fsp3) is 0.333. The van der Waals surface area contributed by atoms with E-state index in [2.05, 4.69) is 30.4 Å². The Hall–Kier alpha value is -2.48. The van der Waals surface area contributed by atoms with Gasteiger partial charge >= 0.3 is 0 Å². The van der Waals surface area contributed by atoms with Gasteiger partial charge in [-0.05, 0) is 7.05 Å². The molecule has 102 valence electrons. The lowest BCUT2D eigenvalue weighted by Crippen LogP contribution is -2.57. The molecule has 1 aliphatic heterocycles. The van der Waals surface area contributed by atoms with Crippen molar-refractivity contribution in [3.8, 4) is 5.75 Å². The predicted molar refractivity (Wildman–Crippen MR) is 72.8 cm³/mol. The molecule has 0 aliphatic carbocycles. The maximum atomic E-state index is 9.57. The second kappa shape index (κ2) is 4.01. The summed E-state index contributed by atoms with van der Waals surface area (Å²) in [6, 6.07) is 2.09. The van der Waals surface area contributed by atoms with Crippen LogP contribution in [-0.2, 0) is 0 Å². The molecule has 0 bridgehead atoms. The van der Waals surface area contributed by atoms with E-state index in [4.69, 9.17) is 0 Å². The van der Waals surface area contributed by atoms with Gasteiger partial charge < -0.3 is 15.3 Å². The summed E-state index contributed by atoms with van der Waals surface area (Å²) < 4.78 is 1.80. The summed E-state index contributed by atoms with van der Waals surface area (Å²) in [5.74, 6) is 0.876. The molecule has 2 N–H and O–H groups in total. The van der Waals surface area contributed by atoms with Gasteiger partial charge in [-0.3, -0.25) is 4.40 Å². The summed E-state index contributed by atoms with van der Waals surface area (Å²) in [4.78, 5) is 10.9. The summed E-state index contributed by atoms with van der Waals surface area (Å²) in [5, 5.41) is 20.9. The van der Waals surface area contributed by atoms with Gasteiger partial charge in [0.05, 0.1) is 11.7 Å². The Bertz CT molecular complexity index is 793. The van der Waals surface area contributed by atoms with Crippen molar-refractivity contribution in [3.63, 3.8) is 0 Å². The van der Waals surface area contributed by atoms with Crippen LogP contribution in [0.1, 0.15) is 0 Å². The molecule has 1 fully saturated rings. The van der Waals surface area contributed by atoms with Gasteiger partial charge in [-0.2, -0.15) is 0 Å². The molecular weight excluding hydrogens is 258 g/mol. The Kier molecular flexibility index (Phi) is 2.27. The number of anilines is 1. The number of rotatable bonds is 2. The third-order valence-corrected chi connectivity index (χ3v) is 3.64. The zero-order valence-electron chi connectivity index (χ0n) is 10.9. The van der Waals surface area contributed by atoms with E-state index in [9.17, 15) is 5.11 Å². The molecule has 8 nitrogen and oxygen atoms in total. The van der Waals surface area contributed by atoms with Crippen LogP contribution in [0.25, 0.3) is 16.8 Å². The molecule has 0 aromatic carbocycles. The van der Waals surface area contributed by atoms with Crippen LogP contribution in [0.4, 0.5) is 5.82 Å². The standard InChI is InChI=1S/C12H13N7O/c1-13-7-4-18(5-7)11-12-17-15-6-19(12)9-2-8(20)3-14-10(9)16-11/h2-3,6-7,13,20H,4-5H2,1H3. The largest absolute Gasteiger partial charge is 0.506 e. The van der Waals surface area contributed by atoms with E-state index >= 15 is 0 Å². The highest BCUT2D eigenvalue weighted by atomic mass is 16.3. The van der Waals surface area contributed by atoms with E-state index in [-0.39, 0.29) is 5.75 Å². The highest BCUT2D eigenvalue weighted by Crippen LogP contribution is 2.26. The maximum absolute atomic E-state index is 9.57. The van der Waals surface area contributed by atoms with Gasteiger partial charge in [0, 0.05) is 25.2 Å². The highest BCUT2D eigenvalue weighted by Gasteiger charge is 2.29. The molecule has 0 spiro atoms. The van der Waals surface area contributed by atoms with Crippen LogP contribution in [0.15, 0.2) is 18.6 Å². The fourth-order valence-electron chi connectivity index (χ4n) is 2.46. The molecule has 1 saturated heterocycles. The van der Waals surface area contributed by atoms with Crippen LogP contribution in [-0.4, -0.2) is 55.9 Å². The lowest BCUT2D eigenvalue weighted by atomic mass is 10.1. The third kappa shape index (κ3) is 1.51. The topological polar surface area (TPSA) is 91.5 Å². The monoisotopic (exact) mass is 271 g/mol. The van der Waals surface area contributed by atoms with Gasteiger partial charge in [-0.1, -0.05) is 0 Å². The molecule has 0 amide bonds. The zero-order chi connectivity index (χ0) is 13.7. The highest BCUT2D eigenvalue weighted by molar-refractivity contribution is 5.81. The first-order valence-corrected chi connectivity index (χ1v) is 6.37. The Balaban J connectivity index is 1.91. The molecule has 8 heteroatoms. The number of aromatic hydroxyl groups is 1. The quantitative estimate of drug-likeness (QED) is 0.666. The molecule has 3 aromatic heterocycles. The number of likely N-dealkylation sites (N-methyl/N-ethyl adjacent to an activating group) is 1. The molecule has 0 unspecified atom stereocenters. The molecule has 4 heterocycles. The smallest absolute Gasteiger partial charge is 0.204 e. The first kappa shape index (κ1) is 11.4. The Morgan fingerprint density at radius 3 is 3.05 bits per heavy atom. The van der Waals surface area contributed by atoms with Crippen LogP contribution < -0.4 is 10.2 Å². The van der Waals surface area contributed by atoms with E-state index in [1.54, 1.807) is 16.8 Å². The van der Waals surface area contributed by atoms with Crippen molar-refractivity contribution in [1.29, 1.82) is 0 Å². The van der Waals surface area contributed by atoms with E-state index < -0.39 is 0 Å². The summed E-state index contributed by atoms with van der Waals surface area (Å²) in [7, 11) is 1.95. The van der Waals surface area contributed by atoms with Gasteiger partial charge in [0.15, 0.2) is 11.5 Å². The molecule has 1 aliphatic rings. The first-order valence-electron chi connectivity index (χ1n) is 6.37. The first-order chi connectivity index (χ1) is 9.76. The normalized spacial score (nSPS) is 15.9. The molecule has 0 saturated carbocycles. The lowest BCUT2D eigenvalue weighted by Gasteiger charge is -2.39. The minimum atomic E-state index is 0.0984. The van der Waals surface area contributed by atoms with Gasteiger partial charge in [-0.25, -0.2) is 9.97 Å². The summed E-state index contributed by atoms with van der Waals surface area (Å²) in [5.41, 5.74) is 1.94. The van der Waals surface area contributed by atoms with Crippen molar-refractivity contribution in [2.75, 3.05) is 25.0 Å². The number of hydrogen-bond acceptors (Lipinski definition) is 7. The van der Waals surface area contributed by atoms with E-state index in [1.807, 2.05) is 7.05 Å². The van der Waals surface area contributed by atoms with E-state index in [1.165, 1.54) is 6.20 Å². The van der Waals surface area contributed by atoms with E-state index in [0.717, 1.165) is 18.9 Å². The van der Waals surface area contributed by atoms with Crippen molar-refractivity contribution in [2.24, 2.45) is 0 Å². The maximum Gasteiger partial charge on any atom is 0.204 e. The zero-order valence-corrected chi connectivity index (χ0v) is 10.9. The second-order valence-corrected chi connectivity index (χ2v) is 4.89. The van der Waals surface area contributed by atoms with Crippen LogP contribution in [0.3, 0.4) is 0 Å². The summed E-state index contributed by atoms with van der Waals surface area (Å²) >= 11 is 0. The number of nitrogens with one attached hydrogen (secondary N) is 1. The average Bonchev–Trinajstić information content (AvgIpc) is 2.87. The van der Waals surface area contributed by atoms with Crippen LogP contribution >= 0.6 is 0 Å². The molecule has 20 heavy (non-hydrogen) atoms. The minimum Gasteiger partial charge on any atom is -0.506 e. The Morgan fingerprint density at radius 2 is 2.25 bits per heavy atom. The SMILES string of the molecule is CNC1CN(c2nc3ncc(O)cc3n3cnnc23)C1. The minimum absolute atomic E-state index is 0.0984. The third-order valence-electron chi connectivity index (χ3n) is 3.64. The molecule has 0 atom stereocenters. The van der Waals surface area contributed by atoms with Crippen molar-refractivity contribution < 1.29 is 5.11 Å². The average molecular weight is 271 g/mol. The number of pyridine rings is 1. The number of aromatic nitrogens is 5. The molecule has 3 aromatic rings. The van der Waals surface area contributed by atoms with Crippen LogP contribution in [0.2, 0.25) is 0 Å². The second-order valence-electron chi connectivity index (χ2n) is 4.89. The van der Waals surface area contributed by atoms with Crippen LogP contribution in [0.5, 0.6) is 5.75 Å². The lowest BCUT2D eigenvalue weighted by molar-refractivity contribution is 0.448. The van der Waals surface area contributed by atoms with Gasteiger partial charge in [0.2, 0.25) is 5.65 Å². The number of nitrogens with zero attached hydrogens (tertiary/aromatic N) is 6. The molecular formula is C12H13N7O. The van der Waals surface area contributed by atoms with Crippen LogP contribution in [0, 0.1) is 0 Å².